The number of allylic oxidation sites excluding steroid dienone is 1. The van der Waals surface area contributed by atoms with Gasteiger partial charge in [-0.1, -0.05) is 6.08 Å². The number of nitrogens with one attached hydrogen (secondary N) is 1. The van der Waals surface area contributed by atoms with E-state index in [0.717, 1.165) is 49.3 Å². The second-order valence-corrected chi connectivity index (χ2v) is 6.13. The van der Waals surface area contributed by atoms with E-state index < -0.39 is 0 Å². The molecule has 1 aliphatic carbocycles. The summed E-state index contributed by atoms with van der Waals surface area (Å²) in [6.45, 7) is 5.98. The molecule has 3 rings (SSSR count). The zero-order chi connectivity index (χ0) is 16.2. The van der Waals surface area contributed by atoms with E-state index in [1.54, 1.807) is 19.3 Å². The second-order valence-electron chi connectivity index (χ2n) is 6.13. The third kappa shape index (κ3) is 3.85. The first-order valence-electron chi connectivity index (χ1n) is 8.32. The highest BCUT2D eigenvalue weighted by Crippen LogP contribution is 2.33. The quantitative estimate of drug-likeness (QED) is 0.848. The summed E-state index contributed by atoms with van der Waals surface area (Å²) in [6, 6.07) is 6.63. The summed E-state index contributed by atoms with van der Waals surface area (Å²) in [5.74, 6) is 0.712. The average Bonchev–Trinajstić information content (AvgIpc) is 3.40. The van der Waals surface area contributed by atoms with Crippen LogP contribution in [0.4, 0.5) is 11.4 Å². The Morgan fingerprint density at radius 2 is 2.00 bits per heavy atom. The van der Waals surface area contributed by atoms with Gasteiger partial charge in [-0.05, 0) is 38.0 Å². The highest BCUT2D eigenvalue weighted by molar-refractivity contribution is 6.01. The van der Waals surface area contributed by atoms with Crippen LogP contribution < -0.4 is 15.0 Å². The molecule has 1 N–H and O–H groups in total. The van der Waals surface area contributed by atoms with Crippen LogP contribution in [-0.2, 0) is 4.79 Å². The minimum atomic E-state index is -0.101. The molecule has 0 bridgehead atoms. The predicted molar refractivity (Wildman–Crippen MR) is 93.2 cm³/mol. The van der Waals surface area contributed by atoms with Crippen LogP contribution in [-0.4, -0.2) is 50.1 Å². The van der Waals surface area contributed by atoms with Gasteiger partial charge in [-0.3, -0.25) is 9.69 Å². The summed E-state index contributed by atoms with van der Waals surface area (Å²) >= 11 is 0. The molecule has 5 nitrogen and oxygen atoms in total. The van der Waals surface area contributed by atoms with Crippen molar-refractivity contribution in [1.82, 2.24) is 4.90 Å². The van der Waals surface area contributed by atoms with Gasteiger partial charge in [0, 0.05) is 38.3 Å². The Labute approximate surface area is 137 Å². The van der Waals surface area contributed by atoms with Crippen molar-refractivity contribution in [2.24, 2.45) is 0 Å². The summed E-state index contributed by atoms with van der Waals surface area (Å²) in [6.07, 6.45) is 5.99. The number of amides is 1. The number of rotatable bonds is 5. The molecule has 1 saturated heterocycles. The molecule has 2 aliphatic rings. The Kier molecular flexibility index (Phi) is 4.86. The van der Waals surface area contributed by atoms with Crippen molar-refractivity contribution >= 4 is 17.3 Å². The summed E-state index contributed by atoms with van der Waals surface area (Å²) in [5, 5.41) is 2.97. The summed E-state index contributed by atoms with van der Waals surface area (Å²) < 4.78 is 5.36. The van der Waals surface area contributed by atoms with Crippen LogP contribution in [0.3, 0.4) is 0 Å². The number of ether oxygens (including phenoxy) is 1. The number of anilines is 2. The third-order valence-corrected chi connectivity index (χ3v) is 4.50. The number of methoxy groups -OCH3 is 1. The first-order chi connectivity index (χ1) is 11.2. The van der Waals surface area contributed by atoms with Crippen molar-refractivity contribution < 1.29 is 9.53 Å². The zero-order valence-electron chi connectivity index (χ0n) is 13.9. The Morgan fingerprint density at radius 1 is 1.26 bits per heavy atom. The largest absolute Gasteiger partial charge is 0.497 e. The molecule has 0 atom stereocenters. The fourth-order valence-electron chi connectivity index (χ4n) is 3.10. The number of carbonyl (C=O) groups is 1. The highest BCUT2D eigenvalue weighted by Gasteiger charge is 2.31. The Balaban J connectivity index is 1.76. The zero-order valence-corrected chi connectivity index (χ0v) is 13.9. The molecule has 0 radical (unpaired) electrons. The van der Waals surface area contributed by atoms with E-state index in [0.29, 0.717) is 0 Å². The van der Waals surface area contributed by atoms with Gasteiger partial charge in [-0.25, -0.2) is 0 Å². The van der Waals surface area contributed by atoms with Crippen molar-refractivity contribution in [3.63, 3.8) is 0 Å². The van der Waals surface area contributed by atoms with Crippen LogP contribution in [0.25, 0.3) is 0 Å². The smallest absolute Gasteiger partial charge is 0.248 e. The minimum Gasteiger partial charge on any atom is -0.497 e. The lowest BCUT2D eigenvalue weighted by Crippen LogP contribution is -2.47. The van der Waals surface area contributed by atoms with Gasteiger partial charge in [-0.15, -0.1) is 0 Å². The topological polar surface area (TPSA) is 44.8 Å². The first kappa shape index (κ1) is 15.9. The molecule has 0 unspecified atom stereocenters. The number of piperazine rings is 1. The number of carbonyl (C=O) groups excluding carboxylic acids is 1. The van der Waals surface area contributed by atoms with Crippen molar-refractivity contribution in [2.45, 2.75) is 25.8 Å². The maximum absolute atomic E-state index is 11.9. The standard InChI is InChI=1S/C18H25N3O2/c1-3-4-18(22)19-16-8-7-15(23-2)13-17(16)21-11-9-20(10-12-21)14-5-6-14/h3-4,7-8,13-14H,5-6,9-12H2,1-2H3,(H,19,22)/b4-3+. The normalized spacial score (nSPS) is 19.1. The molecule has 0 aromatic heterocycles. The van der Waals surface area contributed by atoms with E-state index in [-0.39, 0.29) is 5.91 Å². The fraction of sp³-hybridized carbons (Fsp3) is 0.500. The van der Waals surface area contributed by atoms with Gasteiger partial charge in [-0.2, -0.15) is 0 Å². The number of hydrogen-bond acceptors (Lipinski definition) is 4. The lowest BCUT2D eigenvalue weighted by molar-refractivity contribution is -0.111. The average molecular weight is 315 g/mol. The van der Waals surface area contributed by atoms with Crippen LogP contribution >= 0.6 is 0 Å². The molecule has 2 fully saturated rings. The maximum Gasteiger partial charge on any atom is 0.248 e. The van der Waals surface area contributed by atoms with Crippen LogP contribution in [0, 0.1) is 0 Å². The van der Waals surface area contributed by atoms with Crippen LogP contribution in [0.5, 0.6) is 5.75 Å². The van der Waals surface area contributed by atoms with E-state index in [4.69, 9.17) is 4.74 Å². The highest BCUT2D eigenvalue weighted by atomic mass is 16.5. The van der Waals surface area contributed by atoms with Gasteiger partial charge in [0.05, 0.1) is 18.5 Å². The number of nitrogens with zero attached hydrogens (tertiary/aromatic N) is 2. The number of benzene rings is 1. The molecule has 23 heavy (non-hydrogen) atoms. The van der Waals surface area contributed by atoms with Crippen LogP contribution in [0.2, 0.25) is 0 Å². The molecular formula is C18H25N3O2. The summed E-state index contributed by atoms with van der Waals surface area (Å²) in [5.41, 5.74) is 1.88. The lowest BCUT2D eigenvalue weighted by Gasteiger charge is -2.37. The van der Waals surface area contributed by atoms with Gasteiger partial charge >= 0.3 is 0 Å². The van der Waals surface area contributed by atoms with E-state index >= 15 is 0 Å². The fourth-order valence-corrected chi connectivity index (χ4v) is 3.10. The molecule has 1 aliphatic heterocycles. The minimum absolute atomic E-state index is 0.101. The molecule has 1 aromatic rings. The first-order valence-corrected chi connectivity index (χ1v) is 8.32. The molecular weight excluding hydrogens is 290 g/mol. The summed E-state index contributed by atoms with van der Waals surface area (Å²) in [7, 11) is 1.67. The van der Waals surface area contributed by atoms with Crippen LogP contribution in [0.15, 0.2) is 30.4 Å². The van der Waals surface area contributed by atoms with Crippen molar-refractivity contribution in [1.29, 1.82) is 0 Å². The number of hydrogen-bond donors (Lipinski definition) is 1. The molecule has 0 spiro atoms. The van der Waals surface area contributed by atoms with E-state index in [1.807, 2.05) is 25.1 Å². The van der Waals surface area contributed by atoms with E-state index in [1.165, 1.54) is 12.8 Å². The van der Waals surface area contributed by atoms with Gasteiger partial charge in [0.1, 0.15) is 5.75 Å². The van der Waals surface area contributed by atoms with Crippen molar-refractivity contribution in [2.75, 3.05) is 43.5 Å². The van der Waals surface area contributed by atoms with Crippen molar-refractivity contribution in [3.05, 3.63) is 30.4 Å². The third-order valence-electron chi connectivity index (χ3n) is 4.50. The molecule has 1 aromatic carbocycles. The van der Waals surface area contributed by atoms with Gasteiger partial charge < -0.3 is 15.0 Å². The van der Waals surface area contributed by atoms with Gasteiger partial charge in [0.25, 0.3) is 0 Å². The molecule has 1 amide bonds. The summed E-state index contributed by atoms with van der Waals surface area (Å²) in [4.78, 5) is 16.8. The molecule has 1 heterocycles. The maximum atomic E-state index is 11.9. The predicted octanol–water partition coefficient (Wildman–Crippen LogP) is 2.49. The Morgan fingerprint density at radius 3 is 2.61 bits per heavy atom. The van der Waals surface area contributed by atoms with Crippen molar-refractivity contribution in [3.8, 4) is 5.75 Å². The van der Waals surface area contributed by atoms with E-state index in [9.17, 15) is 4.79 Å². The monoisotopic (exact) mass is 315 g/mol. The Bertz CT molecular complexity index is 588. The molecule has 124 valence electrons. The van der Waals surface area contributed by atoms with Gasteiger partial charge in [0.2, 0.25) is 5.91 Å². The Hall–Kier alpha value is -2.01. The molecule has 1 saturated carbocycles. The second kappa shape index (κ2) is 7.04. The van der Waals surface area contributed by atoms with E-state index in [2.05, 4.69) is 15.1 Å². The van der Waals surface area contributed by atoms with Crippen LogP contribution in [0.1, 0.15) is 19.8 Å². The molecule has 5 heteroatoms. The van der Waals surface area contributed by atoms with Gasteiger partial charge in [0.15, 0.2) is 0 Å². The SMILES string of the molecule is C/C=C/C(=O)Nc1ccc(OC)cc1N1CCN(C2CC2)CC1. The lowest BCUT2D eigenvalue weighted by atomic mass is 10.2.